The Labute approximate surface area is 327 Å². The molecule has 0 bridgehead atoms. The highest BCUT2D eigenvalue weighted by molar-refractivity contribution is 5.81. The van der Waals surface area contributed by atoms with Crippen molar-refractivity contribution in [1.82, 2.24) is 43.6 Å². The van der Waals surface area contributed by atoms with Gasteiger partial charge in [0, 0.05) is 29.7 Å². The number of aromatic nitrogens is 9. The Morgan fingerprint density at radius 2 is 1.04 bits per heavy atom. The second-order valence-electron chi connectivity index (χ2n) is 10.4. The minimum Gasteiger partial charge on any atom is -0.306 e. The lowest BCUT2D eigenvalue weighted by Crippen LogP contribution is -1.87. The molecule has 1 N–H and O–H groups in total. The Kier molecular flexibility index (Phi) is 28.4. The summed E-state index contributed by atoms with van der Waals surface area (Å²) in [4.78, 5) is 8.01. The highest BCUT2D eigenvalue weighted by Gasteiger charge is 1.99. The number of H-pyrrole nitrogens is 1. The third-order valence-corrected chi connectivity index (χ3v) is 6.75. The quantitative estimate of drug-likeness (QED) is 0.167. The Balaban J connectivity index is 0. The van der Waals surface area contributed by atoms with Gasteiger partial charge in [-0.2, -0.15) is 5.10 Å². The van der Waals surface area contributed by atoms with E-state index in [9.17, 15) is 0 Å². The molecule has 0 atom stereocenters. The molecule has 0 aliphatic rings. The van der Waals surface area contributed by atoms with Gasteiger partial charge in [-0.1, -0.05) is 107 Å². The average Bonchev–Trinajstić information content (AvgIpc) is 4.05. The number of hydrogen-bond acceptors (Lipinski definition) is 5. The van der Waals surface area contributed by atoms with Crippen LogP contribution in [-0.4, -0.2) is 43.6 Å². The van der Waals surface area contributed by atoms with E-state index < -0.39 is 0 Å². The molecule has 0 fully saturated rings. The molecule has 0 unspecified atom stereocenters. The van der Waals surface area contributed by atoms with Crippen LogP contribution in [0.1, 0.15) is 117 Å². The fourth-order valence-corrected chi connectivity index (χ4v) is 4.43. The largest absolute Gasteiger partial charge is 0.306 e. The van der Waals surface area contributed by atoms with Gasteiger partial charge in [0.15, 0.2) is 5.65 Å². The number of rotatable bonds is 0. The predicted molar refractivity (Wildman–Crippen MR) is 236 cm³/mol. The van der Waals surface area contributed by atoms with E-state index in [2.05, 4.69) is 101 Å². The molecule has 8 aromatic rings. The molecule has 8 rings (SSSR count). The Hall–Kier alpha value is -5.31. The maximum atomic E-state index is 4.13. The van der Waals surface area contributed by atoms with Gasteiger partial charge in [0.2, 0.25) is 0 Å². The fraction of sp³-hybridized carbons (Fsp3) is 0.400. The Bertz CT molecular complexity index is 1930. The van der Waals surface area contributed by atoms with Crippen molar-refractivity contribution in [1.29, 1.82) is 0 Å². The predicted octanol–water partition coefficient (Wildman–Crippen LogP) is 13.0. The molecule has 9 heteroatoms. The summed E-state index contributed by atoms with van der Waals surface area (Å²) >= 11 is 0. The van der Waals surface area contributed by atoms with Crippen LogP contribution in [0.5, 0.6) is 0 Å². The first-order valence-electron chi connectivity index (χ1n) is 19.7. The van der Waals surface area contributed by atoms with E-state index in [1.54, 1.807) is 6.33 Å². The van der Waals surface area contributed by atoms with Crippen molar-refractivity contribution in [2.24, 2.45) is 0 Å². The fourth-order valence-electron chi connectivity index (χ4n) is 4.43. The smallest absolute Gasteiger partial charge is 0.160 e. The van der Waals surface area contributed by atoms with Crippen LogP contribution in [0.25, 0.3) is 27.6 Å². The number of aromatic amines is 1. The lowest BCUT2D eigenvalue weighted by atomic mass is 10.1. The summed E-state index contributed by atoms with van der Waals surface area (Å²) in [5, 5.41) is 16.2. The van der Waals surface area contributed by atoms with Crippen LogP contribution in [0, 0.1) is 41.5 Å². The van der Waals surface area contributed by atoms with Crippen molar-refractivity contribution in [2.45, 2.75) is 125 Å². The third kappa shape index (κ3) is 16.6. The molecule has 0 saturated heterocycles. The maximum absolute atomic E-state index is 4.13. The van der Waals surface area contributed by atoms with Gasteiger partial charge in [-0.05, 0) is 94.6 Å². The number of imidazole rings is 2. The van der Waals surface area contributed by atoms with Gasteiger partial charge in [-0.3, -0.25) is 9.50 Å². The summed E-state index contributed by atoms with van der Waals surface area (Å²) in [5.41, 5.74) is 10.4. The van der Waals surface area contributed by atoms with Gasteiger partial charge in [-0.25, -0.2) is 9.97 Å². The van der Waals surface area contributed by atoms with E-state index in [1.165, 1.54) is 27.6 Å². The first-order valence-corrected chi connectivity index (χ1v) is 19.7. The SMILES string of the molecule is CC.CC.CC.CC.CC.CC.Cc1ccc2cncn2c1.Cc1ccc2n[nH]c(C)c2c1.Cc1ccc2nnc(C)n2c1.Cc1ccn2cncc2c1. The summed E-state index contributed by atoms with van der Waals surface area (Å²) < 4.78 is 5.98. The number of fused-ring (bicyclic) bond motifs is 4. The number of pyridine rings is 3. The van der Waals surface area contributed by atoms with E-state index in [1.807, 2.05) is 159 Å². The zero-order chi connectivity index (χ0) is 41.6. The topological polar surface area (TPSA) is 93.5 Å². The van der Waals surface area contributed by atoms with Crippen LogP contribution >= 0.6 is 0 Å². The van der Waals surface area contributed by atoms with Crippen molar-refractivity contribution < 1.29 is 0 Å². The number of nitrogens with zero attached hydrogens (tertiary/aromatic N) is 8. The molecular weight excluding hydrogens is 667 g/mol. The second kappa shape index (κ2) is 30.2. The molecule has 54 heavy (non-hydrogen) atoms. The Morgan fingerprint density at radius 3 is 1.69 bits per heavy atom. The van der Waals surface area contributed by atoms with Gasteiger partial charge >= 0.3 is 0 Å². The van der Waals surface area contributed by atoms with E-state index >= 15 is 0 Å². The summed E-state index contributed by atoms with van der Waals surface area (Å²) in [7, 11) is 0. The van der Waals surface area contributed by atoms with Crippen LogP contribution in [-0.2, 0) is 0 Å². The van der Waals surface area contributed by atoms with Crippen molar-refractivity contribution in [2.75, 3.05) is 0 Å². The molecule has 0 spiro atoms. The molecule has 7 heterocycles. The molecular formula is C45H71N9. The molecule has 0 saturated carbocycles. The van der Waals surface area contributed by atoms with Gasteiger partial charge in [0.25, 0.3) is 0 Å². The van der Waals surface area contributed by atoms with Crippen LogP contribution in [0.4, 0.5) is 0 Å². The van der Waals surface area contributed by atoms with Crippen molar-refractivity contribution in [3.63, 3.8) is 0 Å². The van der Waals surface area contributed by atoms with E-state index in [4.69, 9.17) is 0 Å². The second-order valence-corrected chi connectivity index (χ2v) is 10.4. The zero-order valence-corrected chi connectivity index (χ0v) is 36.8. The summed E-state index contributed by atoms with van der Waals surface area (Å²) in [6, 6.07) is 18.6. The average molecular weight is 738 g/mol. The highest BCUT2D eigenvalue weighted by Crippen LogP contribution is 2.16. The van der Waals surface area contributed by atoms with Gasteiger partial charge in [-0.15, -0.1) is 10.2 Å². The van der Waals surface area contributed by atoms with Crippen LogP contribution in [0.3, 0.4) is 0 Å². The van der Waals surface area contributed by atoms with E-state index in [-0.39, 0.29) is 0 Å². The molecule has 0 amide bonds. The zero-order valence-electron chi connectivity index (χ0n) is 36.8. The van der Waals surface area contributed by atoms with Gasteiger partial charge in [0.05, 0.1) is 41.6 Å². The van der Waals surface area contributed by atoms with Crippen molar-refractivity contribution in [3.05, 3.63) is 132 Å². The van der Waals surface area contributed by atoms with Gasteiger partial charge < -0.3 is 8.80 Å². The van der Waals surface area contributed by atoms with Crippen molar-refractivity contribution >= 4 is 27.6 Å². The first-order chi connectivity index (χ1) is 26.3. The van der Waals surface area contributed by atoms with E-state index in [0.717, 1.165) is 33.7 Å². The number of nitrogens with one attached hydrogen (secondary N) is 1. The first kappa shape index (κ1) is 50.8. The summed E-state index contributed by atoms with van der Waals surface area (Å²) in [6.07, 6.45) is 13.4. The van der Waals surface area contributed by atoms with Crippen LogP contribution in [0.2, 0.25) is 0 Å². The molecule has 0 aliphatic carbocycles. The lowest BCUT2D eigenvalue weighted by molar-refractivity contribution is 1.00. The molecule has 7 aromatic heterocycles. The highest BCUT2D eigenvalue weighted by atomic mass is 15.2. The van der Waals surface area contributed by atoms with Crippen molar-refractivity contribution in [3.8, 4) is 0 Å². The Morgan fingerprint density at radius 1 is 0.500 bits per heavy atom. The molecule has 9 nitrogen and oxygen atoms in total. The molecule has 296 valence electrons. The minimum absolute atomic E-state index is 0.910. The lowest BCUT2D eigenvalue weighted by Gasteiger charge is -1.94. The summed E-state index contributed by atoms with van der Waals surface area (Å²) in [6.45, 7) is 36.3. The molecule has 0 radical (unpaired) electrons. The number of aryl methyl sites for hydroxylation is 6. The number of hydrogen-bond donors (Lipinski definition) is 1. The third-order valence-electron chi connectivity index (χ3n) is 6.75. The molecule has 0 aliphatic heterocycles. The summed E-state index contributed by atoms with van der Waals surface area (Å²) in [5.74, 6) is 0.934. The normalized spacial score (nSPS) is 8.93. The minimum atomic E-state index is 0.910. The van der Waals surface area contributed by atoms with Crippen LogP contribution < -0.4 is 0 Å². The standard InChI is InChI=1S/C9H10N2.C8H9N3.2C8H8N2.6C2H6/c1-6-3-4-9-8(5-6)7(2)10-11-9;1-6-3-4-8-10-9-7(2)11(8)5-6;1-7-2-3-8-4-9-6-10(8)5-7;1-7-2-3-10-6-9-5-8(10)4-7;6*1-2/h3-5H,1-2H3,(H,10,11);3-5H,1-2H3;2*2-6H,1H3;6*1-2H3. The van der Waals surface area contributed by atoms with Gasteiger partial charge in [0.1, 0.15) is 5.82 Å². The number of benzene rings is 1. The van der Waals surface area contributed by atoms with Crippen LogP contribution in [0.15, 0.2) is 98.2 Å². The van der Waals surface area contributed by atoms with E-state index in [0.29, 0.717) is 0 Å². The maximum Gasteiger partial charge on any atom is 0.160 e. The monoisotopic (exact) mass is 738 g/mol. The molecule has 1 aromatic carbocycles.